The van der Waals surface area contributed by atoms with Crippen LogP contribution in [0.1, 0.15) is 15.2 Å². The number of hydrogen-bond acceptors (Lipinski definition) is 6. The van der Waals surface area contributed by atoms with E-state index in [9.17, 15) is 23.3 Å². The number of carbonyl (C=O) groups excluding carboxylic acids is 1. The number of anilines is 2. The number of para-hydroxylation sites is 1. The molecule has 1 aliphatic rings. The number of rotatable bonds is 5. The standard InChI is InChI=1S/C19H15N3O5S2/c23-19(17-5-3-11-28-17)21-10-9-13-12-14(7-8-15(13)21)20-29(26,27)18-6-2-1-4-16(18)22(24)25/h1-8,11-12,20H,9-10H2. The highest BCUT2D eigenvalue weighted by Crippen LogP contribution is 2.33. The lowest BCUT2D eigenvalue weighted by Gasteiger charge is -2.17. The Labute approximate surface area is 170 Å². The monoisotopic (exact) mass is 429 g/mol. The Hall–Kier alpha value is -3.24. The van der Waals surface area contributed by atoms with Gasteiger partial charge in [-0.15, -0.1) is 11.3 Å². The third kappa shape index (κ3) is 3.59. The van der Waals surface area contributed by atoms with Crippen molar-refractivity contribution in [2.45, 2.75) is 11.3 Å². The smallest absolute Gasteiger partial charge is 0.289 e. The Balaban J connectivity index is 1.61. The Morgan fingerprint density at radius 3 is 2.66 bits per heavy atom. The quantitative estimate of drug-likeness (QED) is 0.492. The van der Waals surface area contributed by atoms with Crippen LogP contribution < -0.4 is 9.62 Å². The van der Waals surface area contributed by atoms with Gasteiger partial charge in [0.15, 0.2) is 4.90 Å². The summed E-state index contributed by atoms with van der Waals surface area (Å²) in [5.41, 5.74) is 1.36. The van der Waals surface area contributed by atoms with E-state index in [4.69, 9.17) is 0 Å². The summed E-state index contributed by atoms with van der Waals surface area (Å²) in [5, 5.41) is 13.0. The second kappa shape index (κ2) is 7.30. The molecule has 0 bridgehead atoms. The lowest BCUT2D eigenvalue weighted by Crippen LogP contribution is -2.28. The summed E-state index contributed by atoms with van der Waals surface area (Å²) >= 11 is 1.37. The van der Waals surface area contributed by atoms with E-state index in [-0.39, 0.29) is 11.6 Å². The highest BCUT2D eigenvalue weighted by molar-refractivity contribution is 7.92. The zero-order valence-electron chi connectivity index (χ0n) is 14.9. The summed E-state index contributed by atoms with van der Waals surface area (Å²) in [6.07, 6.45) is 0.591. The van der Waals surface area contributed by atoms with Crippen molar-refractivity contribution in [1.29, 1.82) is 0 Å². The first-order chi connectivity index (χ1) is 13.9. The summed E-state index contributed by atoms with van der Waals surface area (Å²) < 4.78 is 27.8. The molecule has 0 aliphatic carbocycles. The maximum atomic E-state index is 12.7. The summed E-state index contributed by atoms with van der Waals surface area (Å²) in [7, 11) is -4.14. The molecule has 3 aromatic rings. The molecule has 0 atom stereocenters. The zero-order chi connectivity index (χ0) is 20.6. The van der Waals surface area contributed by atoms with Crippen molar-refractivity contribution in [3.63, 3.8) is 0 Å². The molecule has 148 valence electrons. The van der Waals surface area contributed by atoms with Crippen molar-refractivity contribution in [3.05, 3.63) is 80.5 Å². The number of sulfonamides is 1. The van der Waals surface area contributed by atoms with E-state index in [2.05, 4.69) is 4.72 Å². The SMILES string of the molecule is O=C(c1cccs1)N1CCc2cc(NS(=O)(=O)c3ccccc3[N+](=O)[O-])ccc21. The maximum absolute atomic E-state index is 12.7. The van der Waals surface area contributed by atoms with Crippen molar-refractivity contribution >= 4 is 44.3 Å². The second-order valence-corrected chi connectivity index (χ2v) is 8.96. The van der Waals surface area contributed by atoms with E-state index >= 15 is 0 Å². The van der Waals surface area contributed by atoms with Gasteiger partial charge in [0.05, 0.1) is 9.80 Å². The fourth-order valence-electron chi connectivity index (χ4n) is 3.25. The van der Waals surface area contributed by atoms with Gasteiger partial charge in [-0.1, -0.05) is 18.2 Å². The summed E-state index contributed by atoms with van der Waals surface area (Å²) in [6.45, 7) is 0.506. The molecule has 0 spiro atoms. The Morgan fingerprint density at radius 1 is 1.14 bits per heavy atom. The number of nitro groups is 1. The predicted molar refractivity (Wildman–Crippen MR) is 110 cm³/mol. The van der Waals surface area contributed by atoms with Crippen molar-refractivity contribution in [3.8, 4) is 0 Å². The third-order valence-corrected chi connectivity index (χ3v) is 6.84. The lowest BCUT2D eigenvalue weighted by molar-refractivity contribution is -0.387. The molecule has 0 saturated carbocycles. The van der Waals surface area contributed by atoms with Crippen LogP contribution in [0.5, 0.6) is 0 Å². The fraction of sp³-hybridized carbons (Fsp3) is 0.105. The molecule has 4 rings (SSSR count). The first-order valence-corrected chi connectivity index (χ1v) is 11.0. The van der Waals surface area contributed by atoms with Crippen molar-refractivity contribution < 1.29 is 18.1 Å². The Morgan fingerprint density at radius 2 is 1.93 bits per heavy atom. The van der Waals surface area contributed by atoms with Gasteiger partial charge in [-0.2, -0.15) is 0 Å². The van der Waals surface area contributed by atoms with Gasteiger partial charge in [-0.3, -0.25) is 19.6 Å². The topological polar surface area (TPSA) is 110 Å². The minimum Gasteiger partial charge on any atom is -0.307 e. The van der Waals surface area contributed by atoms with Gasteiger partial charge in [0.25, 0.3) is 21.6 Å². The van der Waals surface area contributed by atoms with E-state index in [1.54, 1.807) is 29.2 Å². The highest BCUT2D eigenvalue weighted by atomic mass is 32.2. The van der Waals surface area contributed by atoms with Gasteiger partial charge in [0.1, 0.15) is 0 Å². The molecule has 0 fully saturated rings. The van der Waals surface area contributed by atoms with Crippen LogP contribution in [0.4, 0.5) is 17.1 Å². The predicted octanol–water partition coefficient (Wildman–Crippen LogP) is 3.66. The molecule has 1 aromatic heterocycles. The van der Waals surface area contributed by atoms with Gasteiger partial charge < -0.3 is 4.90 Å². The van der Waals surface area contributed by atoms with Gasteiger partial charge in [-0.05, 0) is 47.7 Å². The number of nitrogens with zero attached hydrogens (tertiary/aromatic N) is 2. The first kappa shape index (κ1) is 19.1. The number of fused-ring (bicyclic) bond motifs is 1. The Bertz CT molecular complexity index is 1210. The van der Waals surface area contributed by atoms with Crippen LogP contribution >= 0.6 is 11.3 Å². The van der Waals surface area contributed by atoms with Gasteiger partial charge in [-0.25, -0.2) is 8.42 Å². The molecule has 2 heterocycles. The van der Waals surface area contributed by atoms with E-state index in [0.717, 1.165) is 17.3 Å². The van der Waals surface area contributed by atoms with Crippen LogP contribution in [0, 0.1) is 10.1 Å². The largest absolute Gasteiger partial charge is 0.307 e. The molecule has 1 aliphatic heterocycles. The summed E-state index contributed by atoms with van der Waals surface area (Å²) in [4.78, 5) is 25.0. The summed E-state index contributed by atoms with van der Waals surface area (Å²) in [5.74, 6) is -0.0907. The third-order valence-electron chi connectivity index (χ3n) is 4.56. The van der Waals surface area contributed by atoms with Crippen molar-refractivity contribution in [2.75, 3.05) is 16.2 Å². The van der Waals surface area contributed by atoms with Crippen LogP contribution in [-0.4, -0.2) is 25.8 Å². The van der Waals surface area contributed by atoms with E-state index < -0.39 is 25.5 Å². The normalized spacial score (nSPS) is 13.2. The van der Waals surface area contributed by atoms with Crippen LogP contribution in [0.25, 0.3) is 0 Å². The van der Waals surface area contributed by atoms with E-state index in [0.29, 0.717) is 17.8 Å². The second-order valence-electron chi connectivity index (χ2n) is 6.36. The van der Waals surface area contributed by atoms with Gasteiger partial charge in [0, 0.05) is 24.0 Å². The molecule has 1 N–H and O–H groups in total. The number of nitro benzene ring substituents is 1. The molecule has 10 heteroatoms. The maximum Gasteiger partial charge on any atom is 0.289 e. The van der Waals surface area contributed by atoms with E-state index in [1.165, 1.54) is 29.5 Å². The van der Waals surface area contributed by atoms with Crippen LogP contribution in [0.2, 0.25) is 0 Å². The zero-order valence-corrected chi connectivity index (χ0v) is 16.6. The number of thiophene rings is 1. The molecular formula is C19H15N3O5S2. The number of carbonyl (C=O) groups is 1. The number of nitrogens with one attached hydrogen (secondary N) is 1. The van der Waals surface area contributed by atoms with Crippen LogP contribution in [0.15, 0.2) is 64.9 Å². The molecule has 0 saturated heterocycles. The Kier molecular flexibility index (Phi) is 4.81. The number of benzene rings is 2. The van der Waals surface area contributed by atoms with Crippen molar-refractivity contribution in [2.24, 2.45) is 0 Å². The van der Waals surface area contributed by atoms with Crippen LogP contribution in [-0.2, 0) is 16.4 Å². The first-order valence-electron chi connectivity index (χ1n) is 8.61. The van der Waals surface area contributed by atoms with Gasteiger partial charge >= 0.3 is 0 Å². The molecular weight excluding hydrogens is 414 g/mol. The summed E-state index contributed by atoms with van der Waals surface area (Å²) in [6, 6.07) is 13.6. The number of amides is 1. The van der Waals surface area contributed by atoms with Crippen molar-refractivity contribution in [1.82, 2.24) is 0 Å². The molecule has 2 aromatic carbocycles. The number of hydrogen-bond donors (Lipinski definition) is 1. The minimum atomic E-state index is -4.14. The average molecular weight is 429 g/mol. The fourth-order valence-corrected chi connectivity index (χ4v) is 5.15. The molecule has 8 nitrogen and oxygen atoms in total. The average Bonchev–Trinajstić information content (AvgIpc) is 3.37. The molecule has 0 radical (unpaired) electrons. The molecule has 1 amide bonds. The highest BCUT2D eigenvalue weighted by Gasteiger charge is 2.28. The minimum absolute atomic E-state index is 0.0907. The lowest BCUT2D eigenvalue weighted by atomic mass is 10.1. The van der Waals surface area contributed by atoms with E-state index in [1.807, 2.05) is 11.4 Å². The van der Waals surface area contributed by atoms with Crippen LogP contribution in [0.3, 0.4) is 0 Å². The van der Waals surface area contributed by atoms with Gasteiger partial charge in [0.2, 0.25) is 0 Å². The molecule has 0 unspecified atom stereocenters. The molecule has 29 heavy (non-hydrogen) atoms.